The molecule has 20 heavy (non-hydrogen) atoms. The number of nitrogens with one attached hydrogen (secondary N) is 1. The molecule has 2 aromatic carbocycles. The predicted octanol–water partition coefficient (Wildman–Crippen LogP) is 4.80. The highest BCUT2D eigenvalue weighted by molar-refractivity contribution is 6.32. The van der Waals surface area contributed by atoms with Crippen LogP contribution in [0.4, 0.5) is 0 Å². The average Bonchev–Trinajstić information content (AvgIpc) is 2.48. The lowest BCUT2D eigenvalue weighted by Gasteiger charge is -2.15. The highest BCUT2D eigenvalue weighted by Gasteiger charge is 2.11. The third kappa shape index (κ3) is 3.53. The molecule has 3 heteroatoms. The number of para-hydroxylation sites is 2. The maximum Gasteiger partial charge on any atom is 0.150 e. The molecular weight excluding hydrogens is 270 g/mol. The first-order valence-electron chi connectivity index (χ1n) is 7.00. The third-order valence-electron chi connectivity index (χ3n) is 3.18. The topological polar surface area (TPSA) is 21.3 Å². The number of ether oxygens (including phenoxy) is 1. The lowest BCUT2D eigenvalue weighted by molar-refractivity contribution is 0.468. The largest absolute Gasteiger partial charge is 0.455 e. The van der Waals surface area contributed by atoms with Gasteiger partial charge in [0.15, 0.2) is 5.75 Å². The minimum atomic E-state index is 0.645. The first-order valence-corrected chi connectivity index (χ1v) is 7.37. The number of benzene rings is 2. The minimum Gasteiger partial charge on any atom is -0.455 e. The number of aryl methyl sites for hydroxylation is 1. The van der Waals surface area contributed by atoms with Crippen LogP contribution in [0.5, 0.6) is 11.5 Å². The molecule has 0 radical (unpaired) electrons. The highest BCUT2D eigenvalue weighted by atomic mass is 35.5. The van der Waals surface area contributed by atoms with Crippen LogP contribution in [-0.4, -0.2) is 6.54 Å². The van der Waals surface area contributed by atoms with Gasteiger partial charge in [-0.25, -0.2) is 0 Å². The van der Waals surface area contributed by atoms with Gasteiger partial charge in [0.1, 0.15) is 5.75 Å². The second-order valence-corrected chi connectivity index (χ2v) is 4.98. The Morgan fingerprint density at radius 1 is 1.00 bits per heavy atom. The lowest BCUT2D eigenvalue weighted by Crippen LogP contribution is -2.12. The Bertz CT molecular complexity index is 569. The Morgan fingerprint density at radius 2 is 1.75 bits per heavy atom. The second-order valence-electron chi connectivity index (χ2n) is 4.57. The fourth-order valence-corrected chi connectivity index (χ4v) is 2.30. The van der Waals surface area contributed by atoms with Crippen molar-refractivity contribution in [3.63, 3.8) is 0 Å². The van der Waals surface area contributed by atoms with Crippen molar-refractivity contribution in [2.75, 3.05) is 6.54 Å². The van der Waals surface area contributed by atoms with Gasteiger partial charge in [0.25, 0.3) is 0 Å². The normalized spacial score (nSPS) is 10.6. The molecule has 106 valence electrons. The first kappa shape index (κ1) is 14.9. The van der Waals surface area contributed by atoms with Gasteiger partial charge in [0.05, 0.1) is 5.02 Å². The zero-order valence-corrected chi connectivity index (χ0v) is 12.7. The van der Waals surface area contributed by atoms with Crippen LogP contribution in [0.3, 0.4) is 0 Å². The molecule has 0 aliphatic rings. The number of rotatable bonds is 6. The summed E-state index contributed by atoms with van der Waals surface area (Å²) in [6, 6.07) is 13.9. The third-order valence-corrected chi connectivity index (χ3v) is 3.48. The van der Waals surface area contributed by atoms with Crippen molar-refractivity contribution in [3.8, 4) is 11.5 Å². The molecule has 0 fully saturated rings. The maximum absolute atomic E-state index is 6.30. The molecule has 2 rings (SSSR count). The van der Waals surface area contributed by atoms with Crippen molar-refractivity contribution < 1.29 is 4.74 Å². The molecule has 2 aromatic rings. The number of halogens is 1. The summed E-state index contributed by atoms with van der Waals surface area (Å²) in [5, 5.41) is 3.95. The summed E-state index contributed by atoms with van der Waals surface area (Å²) in [6.07, 6.45) is 0.934. The molecule has 0 aliphatic carbocycles. The summed E-state index contributed by atoms with van der Waals surface area (Å²) in [5.41, 5.74) is 2.26. The van der Waals surface area contributed by atoms with Crippen LogP contribution in [0.2, 0.25) is 5.02 Å². The molecule has 0 amide bonds. The van der Waals surface area contributed by atoms with Crippen LogP contribution >= 0.6 is 11.6 Å². The summed E-state index contributed by atoms with van der Waals surface area (Å²) in [5.74, 6) is 1.62. The van der Waals surface area contributed by atoms with E-state index < -0.39 is 0 Å². The predicted molar refractivity (Wildman–Crippen MR) is 84.7 cm³/mol. The summed E-state index contributed by atoms with van der Waals surface area (Å²) < 4.78 is 6.09. The van der Waals surface area contributed by atoms with Gasteiger partial charge in [-0.15, -0.1) is 0 Å². The summed E-state index contributed by atoms with van der Waals surface area (Å²) in [7, 11) is 0. The molecule has 0 saturated carbocycles. The Kier molecular flexibility index (Phi) is 5.45. The van der Waals surface area contributed by atoms with E-state index in [1.807, 2.05) is 36.4 Å². The van der Waals surface area contributed by atoms with Gasteiger partial charge in [0.2, 0.25) is 0 Å². The molecule has 1 N–H and O–H groups in total. The summed E-state index contributed by atoms with van der Waals surface area (Å²) >= 11 is 6.30. The van der Waals surface area contributed by atoms with Crippen molar-refractivity contribution in [2.24, 2.45) is 0 Å². The van der Waals surface area contributed by atoms with E-state index in [0.29, 0.717) is 5.02 Å². The maximum atomic E-state index is 6.30. The van der Waals surface area contributed by atoms with E-state index in [4.69, 9.17) is 16.3 Å². The van der Waals surface area contributed by atoms with Crippen LogP contribution in [0.15, 0.2) is 42.5 Å². The quantitative estimate of drug-likeness (QED) is 0.824. The second kappa shape index (κ2) is 7.32. The van der Waals surface area contributed by atoms with Crippen molar-refractivity contribution in [3.05, 3.63) is 58.6 Å². The monoisotopic (exact) mass is 289 g/mol. The minimum absolute atomic E-state index is 0.645. The summed E-state index contributed by atoms with van der Waals surface area (Å²) in [4.78, 5) is 0. The van der Waals surface area contributed by atoms with E-state index in [9.17, 15) is 0 Å². The fourth-order valence-electron chi connectivity index (χ4n) is 2.07. The molecule has 0 bridgehead atoms. The van der Waals surface area contributed by atoms with Crippen molar-refractivity contribution in [1.29, 1.82) is 0 Å². The highest BCUT2D eigenvalue weighted by Crippen LogP contribution is 2.34. The lowest BCUT2D eigenvalue weighted by atomic mass is 10.1. The van der Waals surface area contributed by atoms with E-state index in [1.165, 1.54) is 5.56 Å². The fraction of sp³-hybridized carbons (Fsp3) is 0.294. The van der Waals surface area contributed by atoms with Crippen LogP contribution in [0.1, 0.15) is 25.0 Å². The molecule has 0 aromatic heterocycles. The van der Waals surface area contributed by atoms with Gasteiger partial charge in [-0.1, -0.05) is 55.8 Å². The van der Waals surface area contributed by atoms with Crippen LogP contribution < -0.4 is 10.1 Å². The molecule has 0 atom stereocenters. The van der Waals surface area contributed by atoms with Gasteiger partial charge in [-0.3, -0.25) is 0 Å². The van der Waals surface area contributed by atoms with Crippen molar-refractivity contribution in [1.82, 2.24) is 5.32 Å². The van der Waals surface area contributed by atoms with Gasteiger partial charge in [-0.2, -0.15) is 0 Å². The average molecular weight is 290 g/mol. The zero-order valence-electron chi connectivity index (χ0n) is 11.9. The Balaban J connectivity index is 2.32. The van der Waals surface area contributed by atoms with E-state index >= 15 is 0 Å². The van der Waals surface area contributed by atoms with Gasteiger partial charge < -0.3 is 10.1 Å². The SMILES string of the molecule is CCNCc1cccc(Cl)c1Oc1ccccc1CC. The number of hydrogen-bond acceptors (Lipinski definition) is 2. The molecule has 2 nitrogen and oxygen atoms in total. The first-order chi connectivity index (χ1) is 9.76. The molecular formula is C17H20ClNO. The molecule has 0 heterocycles. The molecule has 0 saturated heterocycles. The van der Waals surface area contributed by atoms with Gasteiger partial charge >= 0.3 is 0 Å². The van der Waals surface area contributed by atoms with Crippen LogP contribution in [0, 0.1) is 0 Å². The summed E-state index contributed by atoms with van der Waals surface area (Å²) in [6.45, 7) is 5.87. The van der Waals surface area contributed by atoms with Crippen LogP contribution in [-0.2, 0) is 13.0 Å². The number of hydrogen-bond donors (Lipinski definition) is 1. The molecule has 0 aliphatic heterocycles. The van der Waals surface area contributed by atoms with Crippen molar-refractivity contribution >= 4 is 11.6 Å². The van der Waals surface area contributed by atoms with Crippen molar-refractivity contribution in [2.45, 2.75) is 26.8 Å². The van der Waals surface area contributed by atoms with Gasteiger partial charge in [-0.05, 0) is 30.7 Å². The van der Waals surface area contributed by atoms with E-state index in [1.54, 1.807) is 0 Å². The molecule has 0 unspecified atom stereocenters. The van der Waals surface area contributed by atoms with E-state index in [-0.39, 0.29) is 0 Å². The van der Waals surface area contributed by atoms with Gasteiger partial charge in [0, 0.05) is 12.1 Å². The molecule has 0 spiro atoms. The Hall–Kier alpha value is -1.51. The Morgan fingerprint density at radius 3 is 2.50 bits per heavy atom. The standard InChI is InChI=1S/C17H20ClNO/c1-3-13-8-5-6-11-16(13)20-17-14(12-19-4-2)9-7-10-15(17)18/h5-11,19H,3-4,12H2,1-2H3. The Labute approximate surface area is 125 Å². The smallest absolute Gasteiger partial charge is 0.150 e. The zero-order chi connectivity index (χ0) is 14.4. The van der Waals surface area contributed by atoms with Crippen LogP contribution in [0.25, 0.3) is 0 Å². The van der Waals surface area contributed by atoms with E-state index in [2.05, 4.69) is 25.2 Å². The van der Waals surface area contributed by atoms with E-state index in [0.717, 1.165) is 36.6 Å².